The molecule has 1 heterocycles. The van der Waals surface area contributed by atoms with E-state index in [1.807, 2.05) is 6.92 Å². The van der Waals surface area contributed by atoms with Crippen LogP contribution >= 0.6 is 0 Å². The Morgan fingerprint density at radius 3 is 2.75 bits per heavy atom. The summed E-state index contributed by atoms with van der Waals surface area (Å²) in [5.74, 6) is 0.0996. The Morgan fingerprint density at radius 2 is 2.15 bits per heavy atom. The number of benzene rings is 1. The van der Waals surface area contributed by atoms with Crippen molar-refractivity contribution in [1.29, 1.82) is 0 Å². The second-order valence-corrected chi connectivity index (χ2v) is 6.56. The van der Waals surface area contributed by atoms with E-state index in [0.717, 1.165) is 6.42 Å². The molecule has 0 bridgehead atoms. The first kappa shape index (κ1) is 14.9. The van der Waals surface area contributed by atoms with E-state index in [1.165, 1.54) is 24.3 Å². The molecule has 7 nitrogen and oxygen atoms in total. The van der Waals surface area contributed by atoms with Gasteiger partial charge in [-0.2, -0.15) is 0 Å². The number of ether oxygens (including phenoxy) is 1. The molecule has 0 radical (unpaired) electrons. The third-order valence-corrected chi connectivity index (χ3v) is 4.67. The number of nitrogens with zero attached hydrogens (tertiary/aromatic N) is 1. The van der Waals surface area contributed by atoms with Crippen LogP contribution in [0.2, 0.25) is 0 Å². The number of hydrogen-bond acceptors (Lipinski definition) is 5. The van der Waals surface area contributed by atoms with Crippen molar-refractivity contribution >= 4 is 15.7 Å². The zero-order chi connectivity index (χ0) is 14.8. The molecule has 110 valence electrons. The largest absolute Gasteiger partial charge is 0.378 e. The summed E-state index contributed by atoms with van der Waals surface area (Å²) >= 11 is 0. The van der Waals surface area contributed by atoms with E-state index in [4.69, 9.17) is 4.74 Å². The maximum atomic E-state index is 12.1. The highest BCUT2D eigenvalue weighted by Crippen LogP contribution is 2.24. The highest BCUT2D eigenvalue weighted by Gasteiger charge is 2.28. The maximum absolute atomic E-state index is 12.1. The molecule has 1 aliphatic rings. The van der Waals surface area contributed by atoms with E-state index in [0.29, 0.717) is 6.61 Å². The molecule has 8 heteroatoms. The van der Waals surface area contributed by atoms with Gasteiger partial charge in [-0.3, -0.25) is 10.1 Å². The Balaban J connectivity index is 2.12. The van der Waals surface area contributed by atoms with Gasteiger partial charge in [0.1, 0.15) is 0 Å². The van der Waals surface area contributed by atoms with E-state index in [-0.39, 0.29) is 23.5 Å². The Bertz CT molecular complexity index is 602. The Hall–Kier alpha value is -1.51. The van der Waals surface area contributed by atoms with Crippen LogP contribution in [0, 0.1) is 16.0 Å². The number of nitrogens with one attached hydrogen (secondary N) is 1. The zero-order valence-electron chi connectivity index (χ0n) is 11.0. The van der Waals surface area contributed by atoms with E-state index >= 15 is 0 Å². The van der Waals surface area contributed by atoms with Gasteiger partial charge < -0.3 is 4.74 Å². The molecule has 1 N–H and O–H groups in total. The lowest BCUT2D eigenvalue weighted by molar-refractivity contribution is -0.387. The van der Waals surface area contributed by atoms with Crippen molar-refractivity contribution in [2.75, 3.05) is 13.2 Å². The highest BCUT2D eigenvalue weighted by molar-refractivity contribution is 7.89. The van der Waals surface area contributed by atoms with Crippen LogP contribution in [0.15, 0.2) is 29.2 Å². The van der Waals surface area contributed by atoms with Gasteiger partial charge in [-0.25, -0.2) is 13.1 Å². The first-order chi connectivity index (χ1) is 9.40. The maximum Gasteiger partial charge on any atom is 0.289 e. The molecule has 0 spiro atoms. The lowest BCUT2D eigenvalue weighted by atomic mass is 10.1. The molecule has 1 aliphatic heterocycles. The fourth-order valence-electron chi connectivity index (χ4n) is 2.19. The molecule has 20 heavy (non-hydrogen) atoms. The molecular formula is C12H16N2O5S. The van der Waals surface area contributed by atoms with E-state index in [1.54, 1.807) is 0 Å². The molecule has 1 fully saturated rings. The Morgan fingerprint density at radius 1 is 1.45 bits per heavy atom. The average Bonchev–Trinajstić information content (AvgIpc) is 2.82. The summed E-state index contributed by atoms with van der Waals surface area (Å²) in [4.78, 5) is 9.86. The average molecular weight is 300 g/mol. The minimum atomic E-state index is -3.89. The molecule has 1 aromatic carbocycles. The first-order valence-corrected chi connectivity index (χ1v) is 7.73. The van der Waals surface area contributed by atoms with Gasteiger partial charge in [-0.1, -0.05) is 12.1 Å². The summed E-state index contributed by atoms with van der Waals surface area (Å²) in [5, 5.41) is 10.9. The fourth-order valence-corrected chi connectivity index (χ4v) is 3.47. The van der Waals surface area contributed by atoms with Gasteiger partial charge in [-0.15, -0.1) is 0 Å². The third kappa shape index (κ3) is 3.33. The van der Waals surface area contributed by atoms with Crippen molar-refractivity contribution in [2.24, 2.45) is 5.92 Å². The van der Waals surface area contributed by atoms with Crippen LogP contribution in [-0.4, -0.2) is 32.6 Å². The van der Waals surface area contributed by atoms with E-state index in [2.05, 4.69) is 4.72 Å². The van der Waals surface area contributed by atoms with Crippen LogP contribution in [0.4, 0.5) is 5.69 Å². The normalized spacial score (nSPS) is 22.9. The van der Waals surface area contributed by atoms with Crippen LogP contribution in [0.3, 0.4) is 0 Å². The molecular weight excluding hydrogens is 284 g/mol. The van der Waals surface area contributed by atoms with Gasteiger partial charge in [0.25, 0.3) is 5.69 Å². The molecule has 0 aliphatic carbocycles. The molecule has 1 aromatic rings. The van der Waals surface area contributed by atoms with Crippen molar-refractivity contribution in [3.8, 4) is 0 Å². The van der Waals surface area contributed by atoms with Gasteiger partial charge in [0.05, 0.1) is 17.6 Å². The van der Waals surface area contributed by atoms with Gasteiger partial charge >= 0.3 is 0 Å². The predicted molar refractivity (Wildman–Crippen MR) is 71.8 cm³/mol. The first-order valence-electron chi connectivity index (χ1n) is 6.25. The van der Waals surface area contributed by atoms with Gasteiger partial charge in [0.2, 0.25) is 10.0 Å². The molecule has 2 atom stereocenters. The molecule has 2 unspecified atom stereocenters. The minimum Gasteiger partial charge on any atom is -0.378 e. The summed E-state index contributed by atoms with van der Waals surface area (Å²) in [6.07, 6.45) is 0.898. The number of para-hydroxylation sites is 1. The molecule has 0 aromatic heterocycles. The lowest BCUT2D eigenvalue weighted by Crippen LogP contribution is -2.30. The summed E-state index contributed by atoms with van der Waals surface area (Å²) in [6.45, 7) is 2.65. The number of nitro benzene ring substituents is 1. The van der Waals surface area contributed by atoms with Crippen LogP contribution < -0.4 is 4.72 Å². The number of rotatable bonds is 5. The van der Waals surface area contributed by atoms with E-state index < -0.39 is 20.6 Å². The topological polar surface area (TPSA) is 98.5 Å². The molecule has 0 saturated carbocycles. The van der Waals surface area contributed by atoms with Crippen LogP contribution in [-0.2, 0) is 14.8 Å². The van der Waals surface area contributed by atoms with Gasteiger partial charge in [0, 0.05) is 12.6 Å². The number of sulfonamides is 1. The second kappa shape index (κ2) is 5.86. The summed E-state index contributed by atoms with van der Waals surface area (Å²) in [6, 6.07) is 5.30. The highest BCUT2D eigenvalue weighted by atomic mass is 32.2. The van der Waals surface area contributed by atoms with Crippen molar-refractivity contribution in [3.05, 3.63) is 34.4 Å². The quantitative estimate of drug-likeness (QED) is 0.652. The SMILES string of the molecule is CC1CC(CNS(=O)(=O)c2ccccc2[N+](=O)[O-])CO1. The van der Waals surface area contributed by atoms with Crippen molar-refractivity contribution in [3.63, 3.8) is 0 Å². The van der Waals surface area contributed by atoms with Crippen LogP contribution in [0.5, 0.6) is 0 Å². The number of nitro groups is 1. The van der Waals surface area contributed by atoms with Gasteiger partial charge in [-0.05, 0) is 25.3 Å². The Labute approximate surface area is 117 Å². The van der Waals surface area contributed by atoms with Gasteiger partial charge in [0.15, 0.2) is 4.90 Å². The molecule has 0 amide bonds. The predicted octanol–water partition coefficient (Wildman–Crippen LogP) is 1.30. The van der Waals surface area contributed by atoms with Crippen molar-refractivity contribution in [2.45, 2.75) is 24.3 Å². The van der Waals surface area contributed by atoms with E-state index in [9.17, 15) is 18.5 Å². The van der Waals surface area contributed by atoms with Crippen molar-refractivity contribution < 1.29 is 18.1 Å². The summed E-state index contributed by atoms with van der Waals surface area (Å²) in [5.41, 5.74) is -0.420. The Kier molecular flexibility index (Phi) is 4.36. The van der Waals surface area contributed by atoms with Crippen LogP contribution in [0.1, 0.15) is 13.3 Å². The number of hydrogen-bond donors (Lipinski definition) is 1. The standard InChI is InChI=1S/C12H16N2O5S/c1-9-6-10(8-19-9)7-13-20(17,18)12-5-3-2-4-11(12)14(15)16/h2-5,9-10,13H,6-8H2,1H3. The monoisotopic (exact) mass is 300 g/mol. The lowest BCUT2D eigenvalue weighted by Gasteiger charge is -2.10. The molecule has 2 rings (SSSR count). The fraction of sp³-hybridized carbons (Fsp3) is 0.500. The van der Waals surface area contributed by atoms with Crippen molar-refractivity contribution in [1.82, 2.24) is 4.72 Å². The zero-order valence-corrected chi connectivity index (χ0v) is 11.8. The minimum absolute atomic E-state index is 0.0996. The van der Waals surface area contributed by atoms with Crippen LogP contribution in [0.25, 0.3) is 0 Å². The second-order valence-electron chi connectivity index (χ2n) is 4.82. The molecule has 1 saturated heterocycles. The smallest absolute Gasteiger partial charge is 0.289 e. The summed E-state index contributed by atoms with van der Waals surface area (Å²) in [7, 11) is -3.89. The summed E-state index contributed by atoms with van der Waals surface area (Å²) < 4.78 is 32.1. The third-order valence-electron chi connectivity index (χ3n) is 3.20.